The first-order chi connectivity index (χ1) is 14.0. The first kappa shape index (κ1) is 19.5. The predicted octanol–water partition coefficient (Wildman–Crippen LogP) is 6.14. The van der Waals surface area contributed by atoms with Gasteiger partial charge in [-0.2, -0.15) is 0 Å². The third-order valence-electron chi connectivity index (χ3n) is 5.31. The summed E-state index contributed by atoms with van der Waals surface area (Å²) in [5.41, 5.74) is 4.44. The molecule has 0 atom stereocenters. The number of piperidine rings is 1. The lowest BCUT2D eigenvalue weighted by Crippen LogP contribution is -2.30. The van der Waals surface area contributed by atoms with Crippen LogP contribution in [0, 0.1) is 13.8 Å². The van der Waals surface area contributed by atoms with E-state index in [1.807, 2.05) is 37.3 Å². The summed E-state index contributed by atoms with van der Waals surface area (Å²) in [6.07, 6.45) is 3.75. The van der Waals surface area contributed by atoms with Crippen molar-refractivity contribution in [1.82, 2.24) is 4.98 Å². The number of amides is 2. The monoisotopic (exact) mass is 408 g/mol. The highest BCUT2D eigenvalue weighted by Crippen LogP contribution is 2.27. The van der Waals surface area contributed by atoms with Crippen LogP contribution < -0.4 is 15.5 Å². The van der Waals surface area contributed by atoms with Crippen LogP contribution in [0.5, 0.6) is 0 Å². The Labute approximate surface area is 176 Å². The van der Waals surface area contributed by atoms with E-state index < -0.39 is 0 Å². The fourth-order valence-corrected chi connectivity index (χ4v) is 4.03. The van der Waals surface area contributed by atoms with Crippen molar-refractivity contribution in [2.24, 2.45) is 0 Å². The maximum absolute atomic E-state index is 12.4. The van der Waals surface area contributed by atoms with Gasteiger partial charge in [0, 0.05) is 24.2 Å². The summed E-state index contributed by atoms with van der Waals surface area (Å²) >= 11 is 6.20. The molecule has 1 fully saturated rings. The number of benzene rings is 2. The van der Waals surface area contributed by atoms with E-state index in [1.54, 1.807) is 6.07 Å². The molecule has 150 valence electrons. The van der Waals surface area contributed by atoms with Crippen molar-refractivity contribution in [1.29, 1.82) is 0 Å². The average molecular weight is 409 g/mol. The number of nitrogens with zero attached hydrogens (tertiary/aromatic N) is 2. The van der Waals surface area contributed by atoms with E-state index in [0.717, 1.165) is 40.9 Å². The van der Waals surface area contributed by atoms with Crippen LogP contribution in [0.3, 0.4) is 0 Å². The number of carbonyl (C=O) groups excluding carboxylic acids is 1. The number of pyridine rings is 1. The number of hydrogen-bond acceptors (Lipinski definition) is 3. The molecule has 0 unspecified atom stereocenters. The molecule has 1 aliphatic heterocycles. The first-order valence-electron chi connectivity index (χ1n) is 10.00. The molecule has 0 radical (unpaired) electrons. The van der Waals surface area contributed by atoms with E-state index in [2.05, 4.69) is 28.5 Å². The van der Waals surface area contributed by atoms with E-state index in [0.29, 0.717) is 16.4 Å². The summed E-state index contributed by atoms with van der Waals surface area (Å²) in [5.74, 6) is 1.04. The van der Waals surface area contributed by atoms with Gasteiger partial charge < -0.3 is 15.5 Å². The van der Waals surface area contributed by atoms with Crippen LogP contribution in [0.25, 0.3) is 10.9 Å². The highest BCUT2D eigenvalue weighted by atomic mass is 35.5. The molecule has 0 spiro atoms. The van der Waals surface area contributed by atoms with Gasteiger partial charge in [0.15, 0.2) is 0 Å². The van der Waals surface area contributed by atoms with Crippen molar-refractivity contribution in [2.45, 2.75) is 33.1 Å². The Morgan fingerprint density at radius 3 is 2.55 bits per heavy atom. The minimum atomic E-state index is -0.328. The fraction of sp³-hybridized carbons (Fsp3) is 0.304. The van der Waals surface area contributed by atoms with Crippen LogP contribution in [0.2, 0.25) is 5.02 Å². The summed E-state index contributed by atoms with van der Waals surface area (Å²) in [4.78, 5) is 19.6. The minimum Gasteiger partial charge on any atom is -0.357 e. The number of halogens is 1. The Hall–Kier alpha value is -2.79. The molecule has 29 heavy (non-hydrogen) atoms. The van der Waals surface area contributed by atoms with Gasteiger partial charge in [-0.3, -0.25) is 0 Å². The molecule has 1 aliphatic rings. The fourth-order valence-electron chi connectivity index (χ4n) is 3.75. The molecule has 4 rings (SSSR count). The number of rotatable bonds is 3. The molecule has 2 N–H and O–H groups in total. The van der Waals surface area contributed by atoms with Crippen LogP contribution in [0.1, 0.15) is 30.4 Å². The minimum absolute atomic E-state index is 0.328. The smallest absolute Gasteiger partial charge is 0.323 e. The van der Waals surface area contributed by atoms with Gasteiger partial charge >= 0.3 is 6.03 Å². The van der Waals surface area contributed by atoms with Gasteiger partial charge in [-0.25, -0.2) is 9.78 Å². The van der Waals surface area contributed by atoms with E-state index >= 15 is 0 Å². The second-order valence-electron chi connectivity index (χ2n) is 7.64. The van der Waals surface area contributed by atoms with Crippen LogP contribution >= 0.6 is 11.6 Å². The second-order valence-corrected chi connectivity index (χ2v) is 8.05. The van der Waals surface area contributed by atoms with E-state index in [4.69, 9.17) is 16.6 Å². The van der Waals surface area contributed by atoms with Crippen LogP contribution in [0.15, 0.2) is 42.5 Å². The Bertz CT molecular complexity index is 1060. The lowest BCUT2D eigenvalue weighted by molar-refractivity contribution is 0.262. The van der Waals surface area contributed by atoms with E-state index in [9.17, 15) is 4.79 Å². The van der Waals surface area contributed by atoms with Crippen molar-refractivity contribution >= 4 is 45.7 Å². The Morgan fingerprint density at radius 2 is 1.79 bits per heavy atom. The number of aryl methyl sites for hydroxylation is 2. The van der Waals surface area contributed by atoms with Crippen LogP contribution in [-0.4, -0.2) is 24.1 Å². The van der Waals surface area contributed by atoms with E-state index in [1.165, 1.54) is 19.3 Å². The Kier molecular flexibility index (Phi) is 5.58. The molecule has 3 aromatic rings. The molecule has 0 bridgehead atoms. The zero-order valence-corrected chi connectivity index (χ0v) is 17.5. The second kappa shape index (κ2) is 8.29. The lowest BCUT2D eigenvalue weighted by atomic mass is 10.1. The van der Waals surface area contributed by atoms with Crippen molar-refractivity contribution in [2.75, 3.05) is 28.6 Å². The molecule has 0 saturated carbocycles. The molecule has 6 heteroatoms. The van der Waals surface area contributed by atoms with Crippen LogP contribution in [-0.2, 0) is 0 Å². The van der Waals surface area contributed by atoms with Crippen molar-refractivity contribution < 1.29 is 4.79 Å². The number of hydrogen-bond donors (Lipinski definition) is 2. The summed E-state index contributed by atoms with van der Waals surface area (Å²) in [5, 5.41) is 7.24. The molecule has 2 heterocycles. The standard InChI is InChI=1S/C23H25ClN4O/c1-15-6-8-21(19(24)12-15)27-23(29)25-17-7-9-20-18(14-17)16(2)13-22(26-20)28-10-4-3-5-11-28/h6-9,12-14H,3-5,10-11H2,1-2H3,(H2,25,27,29). The number of fused-ring (bicyclic) bond motifs is 1. The zero-order chi connectivity index (χ0) is 20.4. The normalized spacial score (nSPS) is 14.1. The van der Waals surface area contributed by atoms with Gasteiger partial charge in [0.25, 0.3) is 0 Å². The summed E-state index contributed by atoms with van der Waals surface area (Å²) in [6.45, 7) is 6.18. The molecular formula is C23H25ClN4O. The number of anilines is 3. The highest BCUT2D eigenvalue weighted by Gasteiger charge is 2.14. The Balaban J connectivity index is 1.52. The average Bonchev–Trinajstić information content (AvgIpc) is 2.71. The molecule has 2 amide bonds. The Morgan fingerprint density at radius 1 is 1.00 bits per heavy atom. The number of nitrogens with one attached hydrogen (secondary N) is 2. The van der Waals surface area contributed by atoms with Gasteiger partial charge in [0.1, 0.15) is 5.82 Å². The van der Waals surface area contributed by atoms with Crippen molar-refractivity contribution in [3.63, 3.8) is 0 Å². The lowest BCUT2D eigenvalue weighted by Gasteiger charge is -2.28. The SMILES string of the molecule is Cc1ccc(NC(=O)Nc2ccc3nc(N4CCCCC4)cc(C)c3c2)c(Cl)c1. The molecule has 1 saturated heterocycles. The third-order valence-corrected chi connectivity index (χ3v) is 5.63. The van der Waals surface area contributed by atoms with Gasteiger partial charge in [-0.05, 0) is 80.6 Å². The molecule has 1 aromatic heterocycles. The maximum atomic E-state index is 12.4. The number of carbonyl (C=O) groups is 1. The molecular weight excluding hydrogens is 384 g/mol. The summed E-state index contributed by atoms with van der Waals surface area (Å²) in [7, 11) is 0. The van der Waals surface area contributed by atoms with Crippen molar-refractivity contribution in [3.8, 4) is 0 Å². The highest BCUT2D eigenvalue weighted by molar-refractivity contribution is 6.33. The first-order valence-corrected chi connectivity index (χ1v) is 10.4. The topological polar surface area (TPSA) is 57.3 Å². The zero-order valence-electron chi connectivity index (χ0n) is 16.8. The summed E-state index contributed by atoms with van der Waals surface area (Å²) < 4.78 is 0. The predicted molar refractivity (Wildman–Crippen MR) is 121 cm³/mol. The number of urea groups is 1. The number of aromatic nitrogens is 1. The molecule has 5 nitrogen and oxygen atoms in total. The van der Waals surface area contributed by atoms with Gasteiger partial charge in [-0.15, -0.1) is 0 Å². The molecule has 2 aromatic carbocycles. The van der Waals surface area contributed by atoms with Gasteiger partial charge in [-0.1, -0.05) is 17.7 Å². The van der Waals surface area contributed by atoms with E-state index in [-0.39, 0.29) is 6.03 Å². The van der Waals surface area contributed by atoms with Gasteiger partial charge in [0.2, 0.25) is 0 Å². The van der Waals surface area contributed by atoms with Crippen LogP contribution in [0.4, 0.5) is 22.0 Å². The van der Waals surface area contributed by atoms with Crippen molar-refractivity contribution in [3.05, 3.63) is 58.6 Å². The maximum Gasteiger partial charge on any atom is 0.323 e. The largest absolute Gasteiger partial charge is 0.357 e. The third kappa shape index (κ3) is 4.46. The quantitative estimate of drug-likeness (QED) is 0.547. The molecule has 0 aliphatic carbocycles. The van der Waals surface area contributed by atoms with Gasteiger partial charge in [0.05, 0.1) is 16.2 Å². The summed E-state index contributed by atoms with van der Waals surface area (Å²) in [6, 6.07) is 13.2.